The van der Waals surface area contributed by atoms with Crippen LogP contribution >= 0.6 is 0 Å². The van der Waals surface area contributed by atoms with E-state index in [9.17, 15) is 0 Å². The van der Waals surface area contributed by atoms with Gasteiger partial charge in [-0.05, 0) is 85.9 Å². The number of hydrogen-bond donors (Lipinski definition) is 0. The highest BCUT2D eigenvalue weighted by Crippen LogP contribution is 2.36. The maximum atomic E-state index is 2.44. The summed E-state index contributed by atoms with van der Waals surface area (Å²) in [4.78, 5) is 0. The number of allylic oxidation sites excluding steroid dienone is 2. The zero-order chi connectivity index (χ0) is 18.3. The standard InChI is InChI=1S/C12H24.C12H22/c2*1-9(2)11-5-7-12(8-6-11)10(3)4/h9-12H,5-8H2,1-4H3;5,7,9-12H,6,8H2,1-4H3. The average molecular weight is 335 g/mol. The Hall–Kier alpha value is -0.260. The molecule has 0 aliphatic heterocycles. The molecule has 24 heavy (non-hydrogen) atoms. The summed E-state index contributed by atoms with van der Waals surface area (Å²) in [5.74, 6) is 7.24. The van der Waals surface area contributed by atoms with E-state index in [2.05, 4.69) is 67.5 Å². The van der Waals surface area contributed by atoms with Crippen LogP contribution in [-0.2, 0) is 0 Å². The molecule has 0 saturated heterocycles. The quantitative estimate of drug-likeness (QED) is 0.457. The predicted octanol–water partition coefficient (Wildman–Crippen LogP) is 7.99. The van der Waals surface area contributed by atoms with E-state index in [1.165, 1.54) is 38.5 Å². The van der Waals surface area contributed by atoms with Crippen molar-refractivity contribution in [3.63, 3.8) is 0 Å². The Morgan fingerprint density at radius 2 is 0.750 bits per heavy atom. The Bertz CT molecular complexity index is 305. The van der Waals surface area contributed by atoms with E-state index < -0.39 is 0 Å². The molecule has 2 atom stereocenters. The lowest BCUT2D eigenvalue weighted by Gasteiger charge is -2.32. The second kappa shape index (κ2) is 10.7. The van der Waals surface area contributed by atoms with Gasteiger partial charge in [0.2, 0.25) is 0 Å². The fourth-order valence-electron chi connectivity index (χ4n) is 4.45. The average Bonchev–Trinajstić information content (AvgIpc) is 2.55. The summed E-state index contributed by atoms with van der Waals surface area (Å²) < 4.78 is 0. The Kier molecular flexibility index (Phi) is 9.68. The van der Waals surface area contributed by atoms with Crippen molar-refractivity contribution in [2.75, 3.05) is 0 Å². The van der Waals surface area contributed by atoms with Crippen molar-refractivity contribution in [1.82, 2.24) is 0 Å². The van der Waals surface area contributed by atoms with Crippen LogP contribution in [0.2, 0.25) is 0 Å². The summed E-state index contributed by atoms with van der Waals surface area (Å²) in [5, 5.41) is 0. The van der Waals surface area contributed by atoms with Crippen molar-refractivity contribution >= 4 is 0 Å². The minimum Gasteiger partial charge on any atom is -0.0849 e. The van der Waals surface area contributed by atoms with Crippen molar-refractivity contribution in [1.29, 1.82) is 0 Å². The third-order valence-electron chi connectivity index (χ3n) is 6.85. The summed E-state index contributed by atoms with van der Waals surface area (Å²) in [6.45, 7) is 18.8. The van der Waals surface area contributed by atoms with E-state index in [0.717, 1.165) is 47.3 Å². The summed E-state index contributed by atoms with van der Waals surface area (Å²) in [6, 6.07) is 0. The molecule has 142 valence electrons. The first-order chi connectivity index (χ1) is 11.2. The summed E-state index contributed by atoms with van der Waals surface area (Å²) in [7, 11) is 0. The number of rotatable bonds is 4. The largest absolute Gasteiger partial charge is 0.0849 e. The van der Waals surface area contributed by atoms with Crippen LogP contribution in [0, 0.1) is 47.3 Å². The van der Waals surface area contributed by atoms with Crippen molar-refractivity contribution < 1.29 is 0 Å². The zero-order valence-electron chi connectivity index (χ0n) is 18.0. The molecule has 0 radical (unpaired) electrons. The maximum absolute atomic E-state index is 2.44. The lowest BCUT2D eigenvalue weighted by Crippen LogP contribution is -2.21. The molecule has 0 heteroatoms. The van der Waals surface area contributed by atoms with Crippen LogP contribution in [0.4, 0.5) is 0 Å². The molecule has 2 aliphatic carbocycles. The highest BCUT2D eigenvalue weighted by molar-refractivity contribution is 4.99. The van der Waals surface area contributed by atoms with Crippen LogP contribution in [0.5, 0.6) is 0 Å². The van der Waals surface area contributed by atoms with Crippen LogP contribution in [0.3, 0.4) is 0 Å². The highest BCUT2D eigenvalue weighted by Gasteiger charge is 2.24. The molecule has 0 aromatic rings. The molecule has 2 unspecified atom stereocenters. The molecule has 0 nitrogen and oxygen atoms in total. The topological polar surface area (TPSA) is 0 Å². The van der Waals surface area contributed by atoms with E-state index in [0.29, 0.717) is 0 Å². The Morgan fingerprint density at radius 3 is 0.917 bits per heavy atom. The minimum absolute atomic E-state index is 0.828. The van der Waals surface area contributed by atoms with Gasteiger partial charge >= 0.3 is 0 Å². The van der Waals surface area contributed by atoms with Gasteiger partial charge in [-0.25, -0.2) is 0 Å². The summed E-state index contributed by atoms with van der Waals surface area (Å²) in [6.07, 6.45) is 13.6. The second-order valence-electron chi connectivity index (χ2n) is 9.94. The lowest BCUT2D eigenvalue weighted by molar-refractivity contribution is 0.189. The molecule has 0 amide bonds. The van der Waals surface area contributed by atoms with Gasteiger partial charge in [-0.15, -0.1) is 0 Å². The zero-order valence-corrected chi connectivity index (χ0v) is 18.0. The molecule has 0 spiro atoms. The first-order valence-corrected chi connectivity index (χ1v) is 10.9. The van der Waals surface area contributed by atoms with Crippen LogP contribution < -0.4 is 0 Å². The van der Waals surface area contributed by atoms with Crippen LogP contribution in [-0.4, -0.2) is 0 Å². The molecule has 2 rings (SSSR count). The maximum Gasteiger partial charge on any atom is -0.0210 e. The minimum atomic E-state index is 0.828. The van der Waals surface area contributed by atoms with Gasteiger partial charge in [-0.1, -0.05) is 67.5 Å². The van der Waals surface area contributed by atoms with Gasteiger partial charge in [0.05, 0.1) is 0 Å². The molecular weight excluding hydrogens is 288 g/mol. The first-order valence-electron chi connectivity index (χ1n) is 10.9. The van der Waals surface area contributed by atoms with Crippen LogP contribution in [0.15, 0.2) is 12.2 Å². The molecule has 0 N–H and O–H groups in total. The Balaban J connectivity index is 0.000000240. The SMILES string of the molecule is CC(C)C1C=CC(C(C)C)CC1.CC(C)C1CCC(C(C)C)CC1. The summed E-state index contributed by atoms with van der Waals surface area (Å²) in [5.41, 5.74) is 0. The Labute approximate surface area is 153 Å². The molecule has 0 aromatic heterocycles. The van der Waals surface area contributed by atoms with E-state index in [1.54, 1.807) is 0 Å². The van der Waals surface area contributed by atoms with Gasteiger partial charge in [0, 0.05) is 0 Å². The molecule has 0 aromatic carbocycles. The molecule has 2 aliphatic rings. The van der Waals surface area contributed by atoms with Crippen molar-refractivity contribution in [2.24, 2.45) is 47.3 Å². The van der Waals surface area contributed by atoms with Gasteiger partial charge < -0.3 is 0 Å². The van der Waals surface area contributed by atoms with Gasteiger partial charge in [-0.2, -0.15) is 0 Å². The normalized spacial score (nSPS) is 30.8. The molecular formula is C24H46. The molecule has 1 saturated carbocycles. The number of hydrogen-bond acceptors (Lipinski definition) is 0. The molecule has 0 heterocycles. The van der Waals surface area contributed by atoms with Gasteiger partial charge in [-0.3, -0.25) is 0 Å². The van der Waals surface area contributed by atoms with E-state index in [-0.39, 0.29) is 0 Å². The predicted molar refractivity (Wildman–Crippen MR) is 110 cm³/mol. The second-order valence-corrected chi connectivity index (χ2v) is 9.94. The monoisotopic (exact) mass is 334 g/mol. The van der Waals surface area contributed by atoms with Gasteiger partial charge in [0.15, 0.2) is 0 Å². The van der Waals surface area contributed by atoms with E-state index in [1.807, 2.05) is 0 Å². The lowest BCUT2D eigenvalue weighted by atomic mass is 9.73. The third-order valence-corrected chi connectivity index (χ3v) is 6.85. The van der Waals surface area contributed by atoms with Crippen LogP contribution in [0.1, 0.15) is 93.9 Å². The highest BCUT2D eigenvalue weighted by atomic mass is 14.3. The van der Waals surface area contributed by atoms with Crippen LogP contribution in [0.25, 0.3) is 0 Å². The van der Waals surface area contributed by atoms with E-state index in [4.69, 9.17) is 0 Å². The van der Waals surface area contributed by atoms with Crippen molar-refractivity contribution in [2.45, 2.75) is 93.9 Å². The van der Waals surface area contributed by atoms with E-state index >= 15 is 0 Å². The third kappa shape index (κ3) is 7.32. The summed E-state index contributed by atoms with van der Waals surface area (Å²) >= 11 is 0. The molecule has 1 fully saturated rings. The molecule has 0 bridgehead atoms. The smallest absolute Gasteiger partial charge is 0.0210 e. The Morgan fingerprint density at radius 1 is 0.458 bits per heavy atom. The van der Waals surface area contributed by atoms with Crippen molar-refractivity contribution in [3.8, 4) is 0 Å². The fourth-order valence-corrected chi connectivity index (χ4v) is 4.45. The first kappa shape index (κ1) is 21.8. The van der Waals surface area contributed by atoms with Gasteiger partial charge in [0.1, 0.15) is 0 Å². The fraction of sp³-hybridized carbons (Fsp3) is 0.917. The van der Waals surface area contributed by atoms with Crippen molar-refractivity contribution in [3.05, 3.63) is 12.2 Å². The van der Waals surface area contributed by atoms with Gasteiger partial charge in [0.25, 0.3) is 0 Å².